The van der Waals surface area contributed by atoms with Crippen molar-refractivity contribution in [3.05, 3.63) is 0 Å². The second-order valence-electron chi connectivity index (χ2n) is 5.69. The first-order chi connectivity index (χ1) is 7.61. The molecule has 2 fully saturated rings. The standard InChI is InChI=1S/C13H26N2O/c1-4-12-8-16-10(2)7-15(12)13(3,9-14)11-5-6-11/h10-12H,4-9,14H2,1-3H3. The van der Waals surface area contributed by atoms with Gasteiger partial charge in [0.2, 0.25) is 0 Å². The molecular weight excluding hydrogens is 200 g/mol. The lowest BCUT2D eigenvalue weighted by Gasteiger charge is -2.49. The third-order valence-electron chi connectivity index (χ3n) is 4.47. The summed E-state index contributed by atoms with van der Waals surface area (Å²) in [6.45, 7) is 9.47. The molecule has 1 saturated carbocycles. The normalized spacial score (nSPS) is 36.0. The predicted octanol–water partition coefficient (Wildman–Crippen LogP) is 1.61. The number of hydrogen-bond donors (Lipinski definition) is 1. The summed E-state index contributed by atoms with van der Waals surface area (Å²) >= 11 is 0. The molecule has 16 heavy (non-hydrogen) atoms. The van der Waals surface area contributed by atoms with Crippen molar-refractivity contribution >= 4 is 0 Å². The zero-order chi connectivity index (χ0) is 11.8. The molecular formula is C13H26N2O. The minimum atomic E-state index is 0.207. The van der Waals surface area contributed by atoms with Gasteiger partial charge in [-0.25, -0.2) is 0 Å². The van der Waals surface area contributed by atoms with E-state index in [9.17, 15) is 0 Å². The van der Waals surface area contributed by atoms with Crippen LogP contribution in [0.4, 0.5) is 0 Å². The SMILES string of the molecule is CCC1COC(C)CN1C(C)(CN)C1CC1. The Balaban J connectivity index is 2.13. The molecule has 0 radical (unpaired) electrons. The molecule has 3 nitrogen and oxygen atoms in total. The molecule has 3 unspecified atom stereocenters. The smallest absolute Gasteiger partial charge is 0.0675 e. The van der Waals surface area contributed by atoms with Crippen LogP contribution in [0, 0.1) is 5.92 Å². The van der Waals surface area contributed by atoms with Gasteiger partial charge in [0.25, 0.3) is 0 Å². The molecule has 2 aliphatic rings. The molecule has 1 heterocycles. The summed E-state index contributed by atoms with van der Waals surface area (Å²) in [4.78, 5) is 2.64. The van der Waals surface area contributed by atoms with Crippen molar-refractivity contribution < 1.29 is 4.74 Å². The van der Waals surface area contributed by atoms with E-state index in [1.807, 2.05) is 0 Å². The van der Waals surface area contributed by atoms with Crippen molar-refractivity contribution in [1.29, 1.82) is 0 Å². The molecule has 2 rings (SSSR count). The lowest BCUT2D eigenvalue weighted by molar-refractivity contribution is -0.0999. The first-order valence-electron chi connectivity index (χ1n) is 6.70. The molecule has 1 aliphatic carbocycles. The minimum absolute atomic E-state index is 0.207. The Morgan fingerprint density at radius 3 is 2.62 bits per heavy atom. The first-order valence-corrected chi connectivity index (χ1v) is 6.70. The van der Waals surface area contributed by atoms with Gasteiger partial charge in [0.15, 0.2) is 0 Å². The van der Waals surface area contributed by atoms with E-state index in [0.29, 0.717) is 12.1 Å². The summed E-state index contributed by atoms with van der Waals surface area (Å²) in [7, 11) is 0. The maximum Gasteiger partial charge on any atom is 0.0675 e. The van der Waals surface area contributed by atoms with Gasteiger partial charge in [-0.05, 0) is 39.0 Å². The third-order valence-corrected chi connectivity index (χ3v) is 4.47. The highest BCUT2D eigenvalue weighted by atomic mass is 16.5. The Labute approximate surface area is 99.3 Å². The van der Waals surface area contributed by atoms with Crippen LogP contribution in [-0.2, 0) is 4.74 Å². The van der Waals surface area contributed by atoms with Crippen LogP contribution in [0.5, 0.6) is 0 Å². The molecule has 0 aromatic heterocycles. The zero-order valence-electron chi connectivity index (χ0n) is 10.9. The van der Waals surface area contributed by atoms with Crippen LogP contribution in [0.15, 0.2) is 0 Å². The van der Waals surface area contributed by atoms with Crippen LogP contribution >= 0.6 is 0 Å². The second-order valence-corrected chi connectivity index (χ2v) is 5.69. The molecule has 2 N–H and O–H groups in total. The van der Waals surface area contributed by atoms with Crippen molar-refractivity contribution in [3.8, 4) is 0 Å². The molecule has 0 aromatic rings. The topological polar surface area (TPSA) is 38.5 Å². The van der Waals surface area contributed by atoms with Gasteiger partial charge >= 0.3 is 0 Å². The van der Waals surface area contributed by atoms with Gasteiger partial charge in [-0.15, -0.1) is 0 Å². The Hall–Kier alpha value is -0.120. The van der Waals surface area contributed by atoms with E-state index < -0.39 is 0 Å². The summed E-state index contributed by atoms with van der Waals surface area (Å²) in [5, 5.41) is 0. The molecule has 3 heteroatoms. The summed E-state index contributed by atoms with van der Waals surface area (Å²) in [6.07, 6.45) is 4.23. The highest BCUT2D eigenvalue weighted by molar-refractivity contribution is 5.03. The van der Waals surface area contributed by atoms with Crippen molar-refractivity contribution in [2.24, 2.45) is 11.7 Å². The van der Waals surface area contributed by atoms with Crippen LogP contribution in [0.1, 0.15) is 40.0 Å². The van der Waals surface area contributed by atoms with Gasteiger partial charge in [-0.3, -0.25) is 4.90 Å². The van der Waals surface area contributed by atoms with Crippen molar-refractivity contribution in [2.75, 3.05) is 19.7 Å². The summed E-state index contributed by atoms with van der Waals surface area (Å²) < 4.78 is 5.77. The van der Waals surface area contributed by atoms with E-state index in [-0.39, 0.29) is 5.54 Å². The van der Waals surface area contributed by atoms with Crippen molar-refractivity contribution in [3.63, 3.8) is 0 Å². The van der Waals surface area contributed by atoms with Crippen LogP contribution in [0.25, 0.3) is 0 Å². The molecule has 3 atom stereocenters. The lowest BCUT2D eigenvalue weighted by Crippen LogP contribution is -2.62. The fourth-order valence-electron chi connectivity index (χ4n) is 3.03. The first kappa shape index (κ1) is 12.3. The highest BCUT2D eigenvalue weighted by Gasteiger charge is 2.47. The third kappa shape index (κ3) is 2.13. The number of nitrogens with two attached hydrogens (primary N) is 1. The zero-order valence-corrected chi connectivity index (χ0v) is 10.9. The second kappa shape index (κ2) is 4.63. The summed E-state index contributed by atoms with van der Waals surface area (Å²) in [5.41, 5.74) is 6.27. The number of hydrogen-bond acceptors (Lipinski definition) is 3. The minimum Gasteiger partial charge on any atom is -0.376 e. The van der Waals surface area contributed by atoms with Gasteiger partial charge in [0.1, 0.15) is 0 Å². The van der Waals surface area contributed by atoms with Crippen LogP contribution < -0.4 is 5.73 Å². The average Bonchev–Trinajstić information content (AvgIpc) is 3.12. The predicted molar refractivity (Wildman–Crippen MR) is 66.4 cm³/mol. The molecule has 1 saturated heterocycles. The fraction of sp³-hybridized carbons (Fsp3) is 1.00. The highest BCUT2D eigenvalue weighted by Crippen LogP contribution is 2.44. The summed E-state index contributed by atoms with van der Waals surface area (Å²) in [6, 6.07) is 0.561. The Bertz CT molecular complexity index is 242. The monoisotopic (exact) mass is 226 g/mol. The van der Waals surface area contributed by atoms with Gasteiger partial charge in [-0.2, -0.15) is 0 Å². The van der Waals surface area contributed by atoms with E-state index in [4.69, 9.17) is 10.5 Å². The average molecular weight is 226 g/mol. The quantitative estimate of drug-likeness (QED) is 0.791. The Kier molecular flexibility index (Phi) is 3.57. The largest absolute Gasteiger partial charge is 0.376 e. The molecule has 94 valence electrons. The fourth-order valence-corrected chi connectivity index (χ4v) is 3.03. The van der Waals surface area contributed by atoms with Gasteiger partial charge in [0, 0.05) is 24.7 Å². The maximum atomic E-state index is 6.06. The maximum absolute atomic E-state index is 6.06. The van der Waals surface area contributed by atoms with Gasteiger partial charge < -0.3 is 10.5 Å². The van der Waals surface area contributed by atoms with Gasteiger partial charge in [0.05, 0.1) is 12.7 Å². The van der Waals surface area contributed by atoms with E-state index >= 15 is 0 Å². The lowest BCUT2D eigenvalue weighted by atomic mass is 9.90. The van der Waals surface area contributed by atoms with E-state index in [2.05, 4.69) is 25.7 Å². The number of rotatable bonds is 4. The van der Waals surface area contributed by atoms with Crippen molar-refractivity contribution in [1.82, 2.24) is 4.90 Å². The molecule has 0 bridgehead atoms. The Morgan fingerprint density at radius 2 is 2.12 bits per heavy atom. The Morgan fingerprint density at radius 1 is 1.44 bits per heavy atom. The molecule has 0 amide bonds. The number of nitrogens with zero attached hydrogens (tertiary/aromatic N) is 1. The van der Waals surface area contributed by atoms with Crippen LogP contribution in [-0.4, -0.2) is 42.3 Å². The van der Waals surface area contributed by atoms with E-state index in [1.165, 1.54) is 12.8 Å². The molecule has 0 spiro atoms. The van der Waals surface area contributed by atoms with Crippen LogP contribution in [0.2, 0.25) is 0 Å². The van der Waals surface area contributed by atoms with E-state index in [1.54, 1.807) is 0 Å². The number of ether oxygens (including phenoxy) is 1. The van der Waals surface area contributed by atoms with Gasteiger partial charge in [-0.1, -0.05) is 6.92 Å². The van der Waals surface area contributed by atoms with Crippen LogP contribution in [0.3, 0.4) is 0 Å². The molecule has 1 aliphatic heterocycles. The van der Waals surface area contributed by atoms with E-state index in [0.717, 1.165) is 32.0 Å². The molecule has 0 aromatic carbocycles. The number of morpholine rings is 1. The summed E-state index contributed by atoms with van der Waals surface area (Å²) in [5.74, 6) is 0.817. The van der Waals surface area contributed by atoms with Crippen molar-refractivity contribution in [2.45, 2.75) is 57.7 Å².